The molecule has 3 rings (SSSR count). The molecule has 0 saturated heterocycles. The Hall–Kier alpha value is -3.52. The summed E-state index contributed by atoms with van der Waals surface area (Å²) in [5, 5.41) is 2.98. The maximum atomic E-state index is 12.8. The number of nitrogens with one attached hydrogen (secondary N) is 1. The van der Waals surface area contributed by atoms with E-state index in [1.165, 1.54) is 10.6 Å². The molecule has 0 radical (unpaired) electrons. The van der Waals surface area contributed by atoms with Crippen LogP contribution in [0.5, 0.6) is 11.5 Å². The molecule has 1 amide bonds. The molecule has 3 aromatic carbocycles. The summed E-state index contributed by atoms with van der Waals surface area (Å²) in [7, 11) is -1.92. The quantitative estimate of drug-likeness (QED) is 0.458. The fourth-order valence-electron chi connectivity index (χ4n) is 3.58. The molecule has 1 N–H and O–H groups in total. The van der Waals surface area contributed by atoms with Gasteiger partial charge in [-0.1, -0.05) is 30.3 Å². The Morgan fingerprint density at radius 2 is 1.65 bits per heavy atom. The third-order valence-corrected chi connectivity index (χ3v) is 6.47. The van der Waals surface area contributed by atoms with Crippen LogP contribution in [0.15, 0.2) is 72.8 Å². The number of hydrogen-bond acceptors (Lipinski definition) is 5. The van der Waals surface area contributed by atoms with Gasteiger partial charge in [-0.25, -0.2) is 8.42 Å². The van der Waals surface area contributed by atoms with Gasteiger partial charge >= 0.3 is 0 Å². The van der Waals surface area contributed by atoms with Crippen LogP contribution >= 0.6 is 0 Å². The standard InChI is InChI=1S/C26H30N2O5S/c1-5-33-23-16-14-22(15-17-23)28(34(4,30)31)18-20-10-12-21(13-11-20)26(29)27-19(2)24-8-6-7-9-25(24)32-3/h6-17,19H,5,18H2,1-4H3,(H,27,29)/t19-/m1/s1. The fourth-order valence-corrected chi connectivity index (χ4v) is 4.47. The van der Waals surface area contributed by atoms with Crippen LogP contribution in [-0.4, -0.2) is 34.3 Å². The van der Waals surface area contributed by atoms with Gasteiger partial charge in [0.1, 0.15) is 11.5 Å². The highest BCUT2D eigenvalue weighted by Gasteiger charge is 2.19. The van der Waals surface area contributed by atoms with E-state index < -0.39 is 10.0 Å². The molecule has 0 aliphatic heterocycles. The van der Waals surface area contributed by atoms with E-state index in [0.717, 1.165) is 11.1 Å². The van der Waals surface area contributed by atoms with Crippen molar-refractivity contribution in [1.82, 2.24) is 5.32 Å². The van der Waals surface area contributed by atoms with Crippen molar-refractivity contribution in [2.75, 3.05) is 24.3 Å². The van der Waals surface area contributed by atoms with Crippen LogP contribution < -0.4 is 19.1 Å². The Morgan fingerprint density at radius 1 is 1.00 bits per heavy atom. The molecule has 180 valence electrons. The Labute approximate surface area is 201 Å². The molecule has 0 aliphatic carbocycles. The Kier molecular flexibility index (Phi) is 8.17. The lowest BCUT2D eigenvalue weighted by Crippen LogP contribution is -2.29. The summed E-state index contributed by atoms with van der Waals surface area (Å²) in [6, 6.07) is 21.1. The first-order chi connectivity index (χ1) is 16.2. The summed E-state index contributed by atoms with van der Waals surface area (Å²) in [6.07, 6.45) is 1.17. The number of carbonyl (C=O) groups excluding carboxylic acids is 1. The predicted octanol–water partition coefficient (Wildman–Crippen LogP) is 4.55. The van der Waals surface area contributed by atoms with Gasteiger partial charge in [-0.2, -0.15) is 0 Å². The van der Waals surface area contributed by atoms with Crippen molar-refractivity contribution in [2.45, 2.75) is 26.4 Å². The van der Waals surface area contributed by atoms with Crippen molar-refractivity contribution >= 4 is 21.6 Å². The molecule has 0 aromatic heterocycles. The zero-order valence-electron chi connectivity index (χ0n) is 19.8. The Bertz CT molecular complexity index is 1210. The molecule has 0 fully saturated rings. The van der Waals surface area contributed by atoms with Crippen molar-refractivity contribution in [2.24, 2.45) is 0 Å². The monoisotopic (exact) mass is 482 g/mol. The van der Waals surface area contributed by atoms with Crippen molar-refractivity contribution in [1.29, 1.82) is 0 Å². The van der Waals surface area contributed by atoms with E-state index in [9.17, 15) is 13.2 Å². The summed E-state index contributed by atoms with van der Waals surface area (Å²) in [6.45, 7) is 4.46. The second-order valence-corrected chi connectivity index (χ2v) is 9.74. The number of carbonyl (C=O) groups is 1. The van der Waals surface area contributed by atoms with Crippen molar-refractivity contribution in [3.8, 4) is 11.5 Å². The van der Waals surface area contributed by atoms with E-state index in [2.05, 4.69) is 5.32 Å². The first kappa shape index (κ1) is 25.1. The summed E-state index contributed by atoms with van der Waals surface area (Å²) in [4.78, 5) is 12.8. The molecule has 7 nitrogen and oxygen atoms in total. The third kappa shape index (κ3) is 6.29. The van der Waals surface area contributed by atoms with Crippen LogP contribution in [0.2, 0.25) is 0 Å². The fraction of sp³-hybridized carbons (Fsp3) is 0.269. The minimum absolute atomic E-state index is 0.145. The lowest BCUT2D eigenvalue weighted by molar-refractivity contribution is 0.0939. The van der Waals surface area contributed by atoms with Gasteiger partial charge in [0.2, 0.25) is 10.0 Å². The minimum atomic E-state index is -3.52. The average molecular weight is 483 g/mol. The SMILES string of the molecule is CCOc1ccc(N(Cc2ccc(C(=O)N[C@H](C)c3ccccc3OC)cc2)S(C)(=O)=O)cc1. The number of methoxy groups -OCH3 is 1. The van der Waals surface area contributed by atoms with Gasteiger partial charge < -0.3 is 14.8 Å². The van der Waals surface area contributed by atoms with Crippen LogP contribution in [0.3, 0.4) is 0 Å². The van der Waals surface area contributed by atoms with Gasteiger partial charge in [-0.3, -0.25) is 9.10 Å². The molecule has 0 spiro atoms. The predicted molar refractivity (Wildman–Crippen MR) is 134 cm³/mol. The highest BCUT2D eigenvalue weighted by atomic mass is 32.2. The highest BCUT2D eigenvalue weighted by molar-refractivity contribution is 7.92. The van der Waals surface area contributed by atoms with Crippen LogP contribution in [-0.2, 0) is 16.6 Å². The highest BCUT2D eigenvalue weighted by Crippen LogP contribution is 2.26. The topological polar surface area (TPSA) is 84.9 Å². The number of sulfonamides is 1. The molecule has 0 unspecified atom stereocenters. The normalized spacial score (nSPS) is 12.0. The average Bonchev–Trinajstić information content (AvgIpc) is 2.83. The van der Waals surface area contributed by atoms with Crippen LogP contribution in [0.4, 0.5) is 5.69 Å². The number of amides is 1. The minimum Gasteiger partial charge on any atom is -0.496 e. The van der Waals surface area contributed by atoms with E-state index in [1.807, 2.05) is 38.1 Å². The first-order valence-electron chi connectivity index (χ1n) is 11.0. The molecule has 0 saturated carbocycles. The summed E-state index contributed by atoms with van der Waals surface area (Å²) in [5.74, 6) is 1.16. The van der Waals surface area contributed by atoms with Gasteiger partial charge in [-0.05, 0) is 61.9 Å². The molecule has 0 bridgehead atoms. The number of hydrogen-bond donors (Lipinski definition) is 1. The van der Waals surface area contributed by atoms with E-state index in [1.54, 1.807) is 55.6 Å². The van der Waals surface area contributed by atoms with Crippen molar-refractivity contribution < 1.29 is 22.7 Å². The molecule has 8 heteroatoms. The molecule has 34 heavy (non-hydrogen) atoms. The maximum absolute atomic E-state index is 12.8. The Morgan fingerprint density at radius 3 is 2.24 bits per heavy atom. The van der Waals surface area contributed by atoms with Gasteiger partial charge in [0.25, 0.3) is 5.91 Å². The van der Waals surface area contributed by atoms with Gasteiger partial charge in [0.15, 0.2) is 0 Å². The molecule has 0 aliphatic rings. The number of nitrogens with zero attached hydrogens (tertiary/aromatic N) is 1. The van der Waals surface area contributed by atoms with Gasteiger partial charge in [-0.15, -0.1) is 0 Å². The molecular formula is C26H30N2O5S. The molecular weight excluding hydrogens is 452 g/mol. The molecule has 1 atom stereocenters. The lowest BCUT2D eigenvalue weighted by atomic mass is 10.1. The first-order valence-corrected chi connectivity index (χ1v) is 12.8. The van der Waals surface area contributed by atoms with Crippen LogP contribution in [0.25, 0.3) is 0 Å². The zero-order chi connectivity index (χ0) is 24.7. The zero-order valence-corrected chi connectivity index (χ0v) is 20.6. The van der Waals surface area contributed by atoms with Gasteiger partial charge in [0, 0.05) is 11.1 Å². The number of rotatable bonds is 10. The molecule has 0 heterocycles. The summed E-state index contributed by atoms with van der Waals surface area (Å²) in [5.41, 5.74) is 2.67. The summed E-state index contributed by atoms with van der Waals surface area (Å²) < 4.78 is 37.0. The van der Waals surface area contributed by atoms with Crippen LogP contribution in [0.1, 0.15) is 41.4 Å². The van der Waals surface area contributed by atoms with Crippen molar-refractivity contribution in [3.05, 3.63) is 89.5 Å². The van der Waals surface area contributed by atoms with Gasteiger partial charge in [0.05, 0.1) is 38.2 Å². The van der Waals surface area contributed by atoms with E-state index in [4.69, 9.17) is 9.47 Å². The smallest absolute Gasteiger partial charge is 0.251 e. The number of para-hydroxylation sites is 1. The number of benzene rings is 3. The molecule has 3 aromatic rings. The van der Waals surface area contributed by atoms with Crippen LogP contribution in [0, 0.1) is 0 Å². The van der Waals surface area contributed by atoms with Crippen molar-refractivity contribution in [3.63, 3.8) is 0 Å². The van der Waals surface area contributed by atoms with E-state index in [0.29, 0.717) is 29.4 Å². The lowest BCUT2D eigenvalue weighted by Gasteiger charge is -2.23. The number of anilines is 1. The second kappa shape index (κ2) is 11.1. The third-order valence-electron chi connectivity index (χ3n) is 5.33. The largest absolute Gasteiger partial charge is 0.496 e. The Balaban J connectivity index is 1.72. The second-order valence-electron chi connectivity index (χ2n) is 7.83. The summed E-state index contributed by atoms with van der Waals surface area (Å²) >= 11 is 0. The number of ether oxygens (including phenoxy) is 2. The maximum Gasteiger partial charge on any atom is 0.251 e. The van der Waals surface area contributed by atoms with E-state index in [-0.39, 0.29) is 18.5 Å². The van der Waals surface area contributed by atoms with E-state index >= 15 is 0 Å².